The Balaban J connectivity index is 1.75. The molecule has 0 saturated carbocycles. The van der Waals surface area contributed by atoms with Crippen LogP contribution in [0.25, 0.3) is 0 Å². The van der Waals surface area contributed by atoms with Gasteiger partial charge >= 0.3 is 0 Å². The zero-order valence-corrected chi connectivity index (χ0v) is 11.9. The van der Waals surface area contributed by atoms with Crippen molar-refractivity contribution in [2.24, 2.45) is 5.92 Å². The third kappa shape index (κ3) is 2.33. The molecule has 2 aromatic rings. The molecule has 1 aliphatic heterocycles. The first-order chi connectivity index (χ1) is 9.65. The lowest BCUT2D eigenvalue weighted by Crippen LogP contribution is -2.30. The van der Waals surface area contributed by atoms with Gasteiger partial charge in [0.1, 0.15) is 5.82 Å². The number of fused-ring (bicyclic) bond motifs is 1. The number of anilines is 1. The van der Waals surface area contributed by atoms with Crippen molar-refractivity contribution in [3.63, 3.8) is 0 Å². The van der Waals surface area contributed by atoms with Crippen LogP contribution in [0.15, 0.2) is 30.6 Å². The van der Waals surface area contributed by atoms with Crippen molar-refractivity contribution in [1.82, 2.24) is 9.55 Å². The van der Waals surface area contributed by atoms with Gasteiger partial charge in [-0.25, -0.2) is 4.98 Å². The van der Waals surface area contributed by atoms with E-state index in [9.17, 15) is 4.79 Å². The fourth-order valence-electron chi connectivity index (χ4n) is 2.81. The van der Waals surface area contributed by atoms with Crippen LogP contribution in [-0.2, 0) is 17.8 Å². The molecule has 0 aliphatic carbocycles. The molecule has 4 heteroatoms. The Morgan fingerprint density at radius 2 is 2.10 bits per heavy atom. The van der Waals surface area contributed by atoms with Gasteiger partial charge in [-0.1, -0.05) is 18.2 Å². The minimum absolute atomic E-state index is 0.0175. The van der Waals surface area contributed by atoms with Gasteiger partial charge in [0.05, 0.1) is 0 Å². The largest absolute Gasteiger partial charge is 0.335 e. The molecule has 0 spiro atoms. The molecule has 4 nitrogen and oxygen atoms in total. The van der Waals surface area contributed by atoms with Crippen LogP contribution in [0, 0.1) is 19.8 Å². The fourth-order valence-corrected chi connectivity index (χ4v) is 2.81. The number of aromatic nitrogens is 2. The summed E-state index contributed by atoms with van der Waals surface area (Å²) in [6.07, 6.45) is 5.39. The number of benzene rings is 1. The highest BCUT2D eigenvalue weighted by molar-refractivity contribution is 5.94. The van der Waals surface area contributed by atoms with Crippen LogP contribution in [0.1, 0.15) is 23.4 Å². The third-order valence-electron chi connectivity index (χ3n) is 4.05. The van der Waals surface area contributed by atoms with Gasteiger partial charge in [0.15, 0.2) is 0 Å². The zero-order chi connectivity index (χ0) is 14.1. The van der Waals surface area contributed by atoms with Gasteiger partial charge in [0, 0.05) is 37.0 Å². The Morgan fingerprint density at radius 3 is 2.85 bits per heavy atom. The number of nitrogens with zero attached hydrogens (tertiary/aromatic N) is 2. The Bertz CT molecular complexity index is 625. The van der Waals surface area contributed by atoms with Gasteiger partial charge in [-0.2, -0.15) is 0 Å². The number of amides is 1. The van der Waals surface area contributed by atoms with Gasteiger partial charge in [0.2, 0.25) is 5.91 Å². The SMILES string of the molecule is Cc1cccc(C)c1NC(=O)C1CCn2ccnc2C1. The molecular weight excluding hydrogens is 250 g/mol. The summed E-state index contributed by atoms with van der Waals surface area (Å²) in [6, 6.07) is 6.06. The third-order valence-corrected chi connectivity index (χ3v) is 4.05. The number of carbonyl (C=O) groups is 1. The lowest BCUT2D eigenvalue weighted by molar-refractivity contribution is -0.120. The normalized spacial score (nSPS) is 17.6. The molecule has 0 saturated heterocycles. The van der Waals surface area contributed by atoms with Crippen molar-refractivity contribution in [1.29, 1.82) is 0 Å². The van der Waals surface area contributed by atoms with E-state index in [1.165, 1.54) is 0 Å². The maximum absolute atomic E-state index is 12.5. The topological polar surface area (TPSA) is 46.9 Å². The average molecular weight is 269 g/mol. The summed E-state index contributed by atoms with van der Waals surface area (Å²) < 4.78 is 2.13. The molecular formula is C16H19N3O. The molecule has 1 N–H and O–H groups in total. The Kier molecular flexibility index (Phi) is 3.30. The van der Waals surface area contributed by atoms with Crippen molar-refractivity contribution >= 4 is 11.6 Å². The maximum Gasteiger partial charge on any atom is 0.228 e. The summed E-state index contributed by atoms with van der Waals surface area (Å²) in [4.78, 5) is 16.8. The molecule has 1 amide bonds. The van der Waals surface area contributed by atoms with E-state index in [0.29, 0.717) is 0 Å². The van der Waals surface area contributed by atoms with E-state index in [1.807, 2.05) is 38.2 Å². The minimum Gasteiger partial charge on any atom is -0.335 e. The second-order valence-corrected chi connectivity index (χ2v) is 5.48. The van der Waals surface area contributed by atoms with Crippen LogP contribution < -0.4 is 5.32 Å². The van der Waals surface area contributed by atoms with Crippen LogP contribution >= 0.6 is 0 Å². The highest BCUT2D eigenvalue weighted by Gasteiger charge is 2.25. The first-order valence-corrected chi connectivity index (χ1v) is 7.02. The number of imidazole rings is 1. The predicted molar refractivity (Wildman–Crippen MR) is 78.6 cm³/mol. The van der Waals surface area contributed by atoms with Crippen LogP contribution in [0.5, 0.6) is 0 Å². The van der Waals surface area contributed by atoms with E-state index >= 15 is 0 Å². The van der Waals surface area contributed by atoms with Gasteiger partial charge in [-0.3, -0.25) is 4.79 Å². The van der Waals surface area contributed by atoms with Crippen LogP contribution in [0.4, 0.5) is 5.69 Å². The van der Waals surface area contributed by atoms with Crippen molar-refractivity contribution in [3.05, 3.63) is 47.5 Å². The molecule has 20 heavy (non-hydrogen) atoms. The fraction of sp³-hybridized carbons (Fsp3) is 0.375. The average Bonchev–Trinajstić information content (AvgIpc) is 2.90. The van der Waals surface area contributed by atoms with Crippen molar-refractivity contribution in [3.8, 4) is 0 Å². The van der Waals surface area contributed by atoms with E-state index in [-0.39, 0.29) is 11.8 Å². The summed E-state index contributed by atoms with van der Waals surface area (Å²) in [5, 5.41) is 3.10. The lowest BCUT2D eigenvalue weighted by Gasteiger charge is -2.23. The number of para-hydroxylation sites is 1. The van der Waals surface area contributed by atoms with Crippen LogP contribution in [-0.4, -0.2) is 15.5 Å². The first kappa shape index (κ1) is 12.9. The van der Waals surface area contributed by atoms with E-state index in [1.54, 1.807) is 6.20 Å². The van der Waals surface area contributed by atoms with Gasteiger partial charge in [0.25, 0.3) is 0 Å². The second kappa shape index (κ2) is 5.12. The minimum atomic E-state index is 0.0175. The zero-order valence-electron chi connectivity index (χ0n) is 11.9. The molecule has 0 fully saturated rings. The highest BCUT2D eigenvalue weighted by atomic mass is 16.1. The van der Waals surface area contributed by atoms with Crippen molar-refractivity contribution in [2.75, 3.05) is 5.32 Å². The summed E-state index contributed by atoms with van der Waals surface area (Å²) >= 11 is 0. The molecule has 0 radical (unpaired) electrons. The van der Waals surface area contributed by atoms with E-state index in [4.69, 9.17) is 0 Å². The Morgan fingerprint density at radius 1 is 1.35 bits per heavy atom. The molecule has 1 aromatic carbocycles. The molecule has 0 bridgehead atoms. The van der Waals surface area contributed by atoms with Crippen LogP contribution in [0.2, 0.25) is 0 Å². The number of nitrogens with one attached hydrogen (secondary N) is 1. The highest BCUT2D eigenvalue weighted by Crippen LogP contribution is 2.24. The van der Waals surface area contributed by atoms with Crippen molar-refractivity contribution in [2.45, 2.75) is 33.2 Å². The molecule has 104 valence electrons. The van der Waals surface area contributed by atoms with Gasteiger partial charge < -0.3 is 9.88 Å². The quantitative estimate of drug-likeness (QED) is 0.911. The molecule has 1 aromatic heterocycles. The molecule has 1 unspecified atom stereocenters. The monoisotopic (exact) mass is 269 g/mol. The number of hydrogen-bond acceptors (Lipinski definition) is 2. The maximum atomic E-state index is 12.5. The molecule has 1 aliphatic rings. The summed E-state index contributed by atoms with van der Waals surface area (Å²) in [7, 11) is 0. The molecule has 2 heterocycles. The van der Waals surface area contributed by atoms with E-state index in [0.717, 1.165) is 42.0 Å². The van der Waals surface area contributed by atoms with Crippen molar-refractivity contribution < 1.29 is 4.79 Å². The number of rotatable bonds is 2. The first-order valence-electron chi connectivity index (χ1n) is 7.02. The summed E-state index contributed by atoms with van der Waals surface area (Å²) in [5.41, 5.74) is 3.16. The lowest BCUT2D eigenvalue weighted by atomic mass is 9.96. The van der Waals surface area contributed by atoms with Gasteiger partial charge in [-0.05, 0) is 31.4 Å². The summed E-state index contributed by atoms with van der Waals surface area (Å²) in [6.45, 7) is 4.92. The predicted octanol–water partition coefficient (Wildman–Crippen LogP) is 2.70. The Labute approximate surface area is 118 Å². The second-order valence-electron chi connectivity index (χ2n) is 5.48. The molecule has 3 rings (SSSR count). The van der Waals surface area contributed by atoms with E-state index in [2.05, 4.69) is 14.9 Å². The smallest absolute Gasteiger partial charge is 0.228 e. The number of hydrogen-bond donors (Lipinski definition) is 1. The number of aryl methyl sites for hydroxylation is 3. The standard InChI is InChI=1S/C16H19N3O/c1-11-4-3-5-12(2)15(11)18-16(20)13-6-8-19-9-7-17-14(19)10-13/h3-5,7,9,13H,6,8,10H2,1-2H3,(H,18,20). The van der Waals surface area contributed by atoms with Gasteiger partial charge in [-0.15, -0.1) is 0 Å². The Hall–Kier alpha value is -2.10. The number of carbonyl (C=O) groups excluding carboxylic acids is 1. The summed E-state index contributed by atoms with van der Waals surface area (Å²) in [5.74, 6) is 1.14. The van der Waals surface area contributed by atoms with E-state index < -0.39 is 0 Å². The van der Waals surface area contributed by atoms with Crippen LogP contribution in [0.3, 0.4) is 0 Å². The molecule has 1 atom stereocenters.